The lowest BCUT2D eigenvalue weighted by molar-refractivity contribution is 0.0943. The van der Waals surface area contributed by atoms with Crippen LogP contribution in [0.2, 0.25) is 0 Å². The smallest absolute Gasteiger partial charge is 0.270 e. The predicted molar refractivity (Wildman–Crippen MR) is 83.1 cm³/mol. The summed E-state index contributed by atoms with van der Waals surface area (Å²) in [6.07, 6.45) is 4.94. The van der Waals surface area contributed by atoms with E-state index in [1.807, 2.05) is 0 Å². The Labute approximate surface area is 136 Å². The second-order valence-corrected chi connectivity index (χ2v) is 5.18. The third-order valence-corrected chi connectivity index (χ3v) is 3.55. The Kier molecular flexibility index (Phi) is 3.34. The summed E-state index contributed by atoms with van der Waals surface area (Å²) in [6, 6.07) is 7.01. The molecule has 4 rings (SSSR count). The van der Waals surface area contributed by atoms with Crippen LogP contribution in [0, 0.1) is 6.92 Å². The maximum Gasteiger partial charge on any atom is 0.270 e. The quantitative estimate of drug-likeness (QED) is 0.618. The molecular weight excluding hydrogens is 310 g/mol. The van der Waals surface area contributed by atoms with Gasteiger partial charge in [-0.05, 0) is 25.1 Å². The average molecular weight is 323 g/mol. The molecule has 120 valence electrons. The molecule has 1 N–H and O–H groups in total. The SMILES string of the molecule is Cc1nc2ncccn2c1C(=O)NCc1cc(-c2ccco2)on1. The fourth-order valence-electron chi connectivity index (χ4n) is 2.46. The molecule has 0 unspecified atom stereocenters. The number of rotatable bonds is 4. The van der Waals surface area contributed by atoms with Crippen LogP contribution in [-0.4, -0.2) is 25.4 Å². The summed E-state index contributed by atoms with van der Waals surface area (Å²) in [5, 5.41) is 6.74. The first-order valence-electron chi connectivity index (χ1n) is 7.30. The van der Waals surface area contributed by atoms with Crippen molar-refractivity contribution < 1.29 is 13.7 Å². The van der Waals surface area contributed by atoms with E-state index in [1.54, 1.807) is 54.2 Å². The fraction of sp³-hybridized carbons (Fsp3) is 0.125. The number of furan rings is 1. The second kappa shape index (κ2) is 5.65. The minimum Gasteiger partial charge on any atom is -0.461 e. The maximum atomic E-state index is 12.5. The van der Waals surface area contributed by atoms with Crippen LogP contribution >= 0.6 is 0 Å². The third-order valence-electron chi connectivity index (χ3n) is 3.55. The Bertz CT molecular complexity index is 1000. The Morgan fingerprint density at radius 1 is 1.33 bits per heavy atom. The molecule has 8 nitrogen and oxygen atoms in total. The van der Waals surface area contributed by atoms with Gasteiger partial charge in [0.1, 0.15) is 11.4 Å². The Morgan fingerprint density at radius 2 is 2.25 bits per heavy atom. The molecule has 0 saturated heterocycles. The lowest BCUT2D eigenvalue weighted by atomic mass is 10.3. The number of imidazole rings is 1. The van der Waals surface area contributed by atoms with E-state index < -0.39 is 0 Å². The van der Waals surface area contributed by atoms with E-state index in [9.17, 15) is 4.79 Å². The number of nitrogens with zero attached hydrogens (tertiary/aromatic N) is 4. The topological polar surface area (TPSA) is 98.5 Å². The van der Waals surface area contributed by atoms with Gasteiger partial charge in [-0.3, -0.25) is 9.20 Å². The van der Waals surface area contributed by atoms with E-state index in [0.29, 0.717) is 34.4 Å². The van der Waals surface area contributed by atoms with E-state index >= 15 is 0 Å². The van der Waals surface area contributed by atoms with Gasteiger partial charge < -0.3 is 14.3 Å². The van der Waals surface area contributed by atoms with E-state index in [0.717, 1.165) is 0 Å². The largest absolute Gasteiger partial charge is 0.461 e. The average Bonchev–Trinajstić information content (AvgIpc) is 3.31. The molecule has 0 spiro atoms. The summed E-state index contributed by atoms with van der Waals surface area (Å²) >= 11 is 0. The summed E-state index contributed by atoms with van der Waals surface area (Å²) in [5.41, 5.74) is 1.66. The van der Waals surface area contributed by atoms with Crippen molar-refractivity contribution >= 4 is 11.7 Å². The van der Waals surface area contributed by atoms with Crippen LogP contribution < -0.4 is 5.32 Å². The maximum absolute atomic E-state index is 12.5. The zero-order valence-corrected chi connectivity index (χ0v) is 12.8. The number of hydrogen-bond donors (Lipinski definition) is 1. The molecule has 0 atom stereocenters. The Balaban J connectivity index is 1.51. The van der Waals surface area contributed by atoms with E-state index in [4.69, 9.17) is 8.94 Å². The van der Waals surface area contributed by atoms with Gasteiger partial charge in [-0.2, -0.15) is 0 Å². The third kappa shape index (κ3) is 2.43. The summed E-state index contributed by atoms with van der Waals surface area (Å²) < 4.78 is 12.1. The molecule has 0 aliphatic heterocycles. The van der Waals surface area contributed by atoms with Crippen molar-refractivity contribution in [2.75, 3.05) is 0 Å². The number of carbonyl (C=O) groups is 1. The number of amides is 1. The molecule has 0 saturated carbocycles. The van der Waals surface area contributed by atoms with Crippen LogP contribution in [-0.2, 0) is 6.54 Å². The lowest BCUT2D eigenvalue weighted by Gasteiger charge is -2.03. The van der Waals surface area contributed by atoms with E-state index in [2.05, 4.69) is 20.4 Å². The van der Waals surface area contributed by atoms with Gasteiger partial charge in [-0.1, -0.05) is 5.16 Å². The highest BCUT2D eigenvalue weighted by Gasteiger charge is 2.17. The molecule has 8 heteroatoms. The number of aryl methyl sites for hydroxylation is 1. The first-order chi connectivity index (χ1) is 11.7. The summed E-state index contributed by atoms with van der Waals surface area (Å²) in [5.74, 6) is 1.33. The van der Waals surface area contributed by atoms with Gasteiger partial charge in [0, 0.05) is 18.5 Å². The monoisotopic (exact) mass is 323 g/mol. The van der Waals surface area contributed by atoms with Gasteiger partial charge in [-0.15, -0.1) is 0 Å². The number of aromatic nitrogens is 4. The van der Waals surface area contributed by atoms with Crippen LogP contribution in [0.25, 0.3) is 17.3 Å². The summed E-state index contributed by atoms with van der Waals surface area (Å²) in [7, 11) is 0. The number of carbonyl (C=O) groups excluding carboxylic acids is 1. The Morgan fingerprint density at radius 3 is 3.08 bits per heavy atom. The molecule has 0 bridgehead atoms. The van der Waals surface area contributed by atoms with E-state index in [-0.39, 0.29) is 12.5 Å². The highest BCUT2D eigenvalue weighted by molar-refractivity contribution is 5.94. The first-order valence-corrected chi connectivity index (χ1v) is 7.30. The van der Waals surface area contributed by atoms with Gasteiger partial charge >= 0.3 is 0 Å². The van der Waals surface area contributed by atoms with Crippen LogP contribution in [0.3, 0.4) is 0 Å². The molecular formula is C16H13N5O3. The van der Waals surface area contributed by atoms with Gasteiger partial charge in [0.25, 0.3) is 5.91 Å². The van der Waals surface area contributed by atoms with Crippen molar-refractivity contribution in [1.29, 1.82) is 0 Å². The number of hydrogen-bond acceptors (Lipinski definition) is 6. The second-order valence-electron chi connectivity index (χ2n) is 5.18. The molecule has 4 aromatic rings. The van der Waals surface area contributed by atoms with Crippen molar-refractivity contribution in [3.8, 4) is 11.5 Å². The van der Waals surface area contributed by atoms with Crippen molar-refractivity contribution in [3.63, 3.8) is 0 Å². The molecule has 24 heavy (non-hydrogen) atoms. The number of nitrogens with one attached hydrogen (secondary N) is 1. The molecule has 4 heterocycles. The van der Waals surface area contributed by atoms with Gasteiger partial charge in [0.2, 0.25) is 11.5 Å². The Hall–Kier alpha value is -3.42. The number of fused-ring (bicyclic) bond motifs is 1. The molecule has 0 aliphatic carbocycles. The summed E-state index contributed by atoms with van der Waals surface area (Å²) in [4.78, 5) is 20.9. The minimum absolute atomic E-state index is 0.232. The standard InChI is InChI=1S/C16H13N5O3/c1-10-14(21-6-3-5-17-16(21)19-10)15(22)18-9-11-8-13(24-20-11)12-4-2-7-23-12/h2-8H,9H2,1H3,(H,18,22). The van der Waals surface area contributed by atoms with E-state index in [1.165, 1.54) is 0 Å². The minimum atomic E-state index is -0.254. The van der Waals surface area contributed by atoms with Crippen molar-refractivity contribution in [3.05, 3.63) is 60.0 Å². The van der Waals surface area contributed by atoms with Crippen molar-refractivity contribution in [2.45, 2.75) is 13.5 Å². The van der Waals surface area contributed by atoms with Gasteiger partial charge in [0.05, 0.1) is 18.5 Å². The highest BCUT2D eigenvalue weighted by Crippen LogP contribution is 2.20. The molecule has 0 aromatic carbocycles. The predicted octanol–water partition coefficient (Wildman–Crippen LogP) is 2.22. The molecule has 0 aliphatic rings. The first kappa shape index (κ1) is 14.2. The molecule has 1 amide bonds. The van der Waals surface area contributed by atoms with Crippen molar-refractivity contribution in [2.24, 2.45) is 0 Å². The zero-order chi connectivity index (χ0) is 16.5. The van der Waals surface area contributed by atoms with Crippen LogP contribution in [0.1, 0.15) is 21.9 Å². The molecule has 4 aromatic heterocycles. The van der Waals surface area contributed by atoms with Crippen LogP contribution in [0.4, 0.5) is 0 Å². The van der Waals surface area contributed by atoms with Crippen molar-refractivity contribution in [1.82, 2.24) is 24.8 Å². The molecule has 0 fully saturated rings. The van der Waals surface area contributed by atoms with Crippen LogP contribution in [0.5, 0.6) is 0 Å². The highest BCUT2D eigenvalue weighted by atomic mass is 16.5. The van der Waals surface area contributed by atoms with Gasteiger partial charge in [0.15, 0.2) is 5.76 Å². The van der Waals surface area contributed by atoms with Gasteiger partial charge in [-0.25, -0.2) is 9.97 Å². The lowest BCUT2D eigenvalue weighted by Crippen LogP contribution is -2.25. The normalized spacial score (nSPS) is 11.0. The summed E-state index contributed by atoms with van der Waals surface area (Å²) in [6.45, 7) is 2.00. The zero-order valence-electron chi connectivity index (χ0n) is 12.8. The molecule has 0 radical (unpaired) electrons. The van der Waals surface area contributed by atoms with Crippen LogP contribution in [0.15, 0.2) is 51.9 Å². The fourth-order valence-corrected chi connectivity index (χ4v) is 2.46.